The second kappa shape index (κ2) is 17.7. The van der Waals surface area contributed by atoms with E-state index in [1.807, 2.05) is 126 Å². The Bertz CT molecular complexity index is 3210. The molecule has 0 fully saturated rings. The van der Waals surface area contributed by atoms with Gasteiger partial charge in [-0.3, -0.25) is 19.9 Å². The molecule has 14 rings (SSSR count). The molecular formula is C54H36N14Pt2-6. The van der Waals surface area contributed by atoms with Crippen LogP contribution in [0.25, 0.3) is 22.3 Å². The van der Waals surface area contributed by atoms with E-state index in [1.54, 1.807) is 12.4 Å². The number of hydrogen-bond acceptors (Lipinski definition) is 12. The van der Waals surface area contributed by atoms with E-state index in [9.17, 15) is 0 Å². The smallest absolute Gasteiger partial charge is 0.124 e. The van der Waals surface area contributed by atoms with Crippen molar-refractivity contribution in [3.05, 3.63) is 242 Å². The molecule has 348 valence electrons. The fraction of sp³-hybridized carbons (Fsp3) is 0.0741. The van der Waals surface area contributed by atoms with Crippen LogP contribution in [-0.2, 0) is 53.0 Å². The van der Waals surface area contributed by atoms with E-state index in [4.69, 9.17) is 0 Å². The van der Waals surface area contributed by atoms with Gasteiger partial charge in [0, 0.05) is 127 Å². The van der Waals surface area contributed by atoms with E-state index in [1.165, 1.54) is 0 Å². The predicted molar refractivity (Wildman–Crippen MR) is 257 cm³/mol. The van der Waals surface area contributed by atoms with Crippen molar-refractivity contribution in [3.8, 4) is 22.3 Å². The molecule has 10 aromatic rings. The molecule has 0 amide bonds. The molecule has 0 N–H and O–H groups in total. The van der Waals surface area contributed by atoms with Crippen molar-refractivity contribution >= 4 is 34.4 Å². The molecule has 2 aliphatic carbocycles. The van der Waals surface area contributed by atoms with Gasteiger partial charge in [-0.15, -0.1) is 22.5 Å². The van der Waals surface area contributed by atoms with Gasteiger partial charge in [0.25, 0.3) is 0 Å². The molecule has 0 spiro atoms. The van der Waals surface area contributed by atoms with Crippen molar-refractivity contribution in [1.82, 2.24) is 50.3 Å². The second-order valence-corrected chi connectivity index (χ2v) is 16.8. The van der Waals surface area contributed by atoms with Gasteiger partial charge in [0.15, 0.2) is 0 Å². The van der Waals surface area contributed by atoms with Gasteiger partial charge in [-0.05, 0) is 107 Å². The molecular weight excluding hydrogens is 1230 g/mol. The Morgan fingerprint density at radius 3 is 1.20 bits per heavy atom. The van der Waals surface area contributed by atoms with E-state index in [2.05, 4.69) is 143 Å². The zero-order valence-electron chi connectivity index (χ0n) is 37.2. The summed E-state index contributed by atoms with van der Waals surface area (Å²) in [6.45, 7) is 4.06. The number of hydrogen-bond donors (Lipinski definition) is 0. The Morgan fingerprint density at radius 1 is 0.457 bits per heavy atom. The van der Waals surface area contributed by atoms with Gasteiger partial charge in [0.05, 0.1) is 10.8 Å². The van der Waals surface area contributed by atoms with Crippen molar-refractivity contribution in [2.24, 2.45) is 0 Å². The summed E-state index contributed by atoms with van der Waals surface area (Å²) in [6.07, 6.45) is 22.1. The summed E-state index contributed by atoms with van der Waals surface area (Å²) in [7, 11) is 4.04. The van der Waals surface area contributed by atoms with Gasteiger partial charge in [-0.25, -0.2) is 9.97 Å². The molecule has 0 unspecified atom stereocenters. The van der Waals surface area contributed by atoms with Gasteiger partial charge >= 0.3 is 0 Å². The van der Waals surface area contributed by atoms with E-state index in [0.717, 1.165) is 101 Å². The monoisotopic (exact) mass is 1270 g/mol. The van der Waals surface area contributed by atoms with Crippen LogP contribution in [0.4, 0.5) is 34.4 Å². The molecule has 2 aliphatic heterocycles. The summed E-state index contributed by atoms with van der Waals surface area (Å²) in [6, 6.07) is 40.0. The first-order chi connectivity index (χ1) is 33.6. The van der Waals surface area contributed by atoms with Gasteiger partial charge in [0.1, 0.15) is 11.6 Å². The largest absolute Gasteiger partial charge is 0.581 e. The van der Waals surface area contributed by atoms with Crippen molar-refractivity contribution in [3.63, 3.8) is 0 Å². The number of anilines is 6. The average Bonchev–Trinajstić information content (AvgIpc) is 4.28. The van der Waals surface area contributed by atoms with E-state index in [0.29, 0.717) is 0 Å². The van der Waals surface area contributed by atoms with Crippen LogP contribution in [0.15, 0.2) is 171 Å². The topological polar surface area (TPSA) is 144 Å². The first kappa shape index (κ1) is 44.8. The van der Waals surface area contributed by atoms with Gasteiger partial charge in [-0.1, -0.05) is 12.1 Å². The molecule has 0 atom stereocenters. The zero-order valence-corrected chi connectivity index (χ0v) is 41.8. The Hall–Kier alpha value is -7.66. The first-order valence-corrected chi connectivity index (χ1v) is 21.9. The van der Waals surface area contributed by atoms with Gasteiger partial charge < -0.3 is 40.0 Å². The molecule has 0 radical (unpaired) electrons. The Kier molecular flexibility index (Phi) is 11.3. The van der Waals surface area contributed by atoms with Crippen LogP contribution in [-0.4, -0.2) is 54.2 Å². The summed E-state index contributed by atoms with van der Waals surface area (Å²) >= 11 is 0. The summed E-state index contributed by atoms with van der Waals surface area (Å²) in [5, 5.41) is 17.5. The predicted octanol–water partition coefficient (Wildman–Crippen LogP) is 8.18. The summed E-state index contributed by atoms with van der Waals surface area (Å²) < 4.78 is 0. The van der Waals surface area contributed by atoms with E-state index >= 15 is 0 Å². The third kappa shape index (κ3) is 6.53. The Balaban J connectivity index is 0.000000148. The van der Waals surface area contributed by atoms with Crippen LogP contribution >= 0.6 is 0 Å². The summed E-state index contributed by atoms with van der Waals surface area (Å²) in [4.78, 5) is 35.5. The summed E-state index contributed by atoms with van der Waals surface area (Å²) in [5.41, 5.74) is 14.6. The fourth-order valence-electron chi connectivity index (χ4n) is 10.5. The van der Waals surface area contributed by atoms with Crippen LogP contribution in [0.5, 0.6) is 0 Å². The molecule has 70 heavy (non-hydrogen) atoms. The minimum absolute atomic E-state index is 0. The quantitative estimate of drug-likeness (QED) is 0.148. The Labute approximate surface area is 432 Å². The molecule has 10 heterocycles. The zero-order chi connectivity index (χ0) is 45.4. The van der Waals surface area contributed by atoms with Crippen LogP contribution in [0.3, 0.4) is 0 Å². The average molecular weight is 1270 g/mol. The molecule has 2 aromatic carbocycles. The number of aromatic nitrogens is 10. The van der Waals surface area contributed by atoms with Crippen molar-refractivity contribution in [2.75, 3.05) is 33.7 Å². The molecule has 14 nitrogen and oxygen atoms in total. The fourth-order valence-corrected chi connectivity index (χ4v) is 10.5. The number of benzene rings is 2. The Morgan fingerprint density at radius 2 is 0.843 bits per heavy atom. The number of pyridine rings is 6. The van der Waals surface area contributed by atoms with E-state index < -0.39 is 10.8 Å². The maximum atomic E-state index is 4.62. The van der Waals surface area contributed by atoms with Crippen LogP contribution in [0.2, 0.25) is 0 Å². The number of nitrogens with zero attached hydrogens (tertiary/aromatic N) is 14. The van der Waals surface area contributed by atoms with E-state index in [-0.39, 0.29) is 42.1 Å². The standard InChI is InChI=1S/2C27H18N7.2Pt/c2*1-33-17-34(26-24(33)6-3-10-30-26)19-5-2-4-18(14-19)27(25-9-13-31-32-25)22-15-28-11-7-20(22)21-8-12-29-16-23(21)27;;/h2*2-13,15-17H,1H3;;/q2*-3;;. The number of fused-ring (bicyclic) bond motifs is 8. The maximum absolute atomic E-state index is 4.62. The van der Waals surface area contributed by atoms with Crippen LogP contribution in [0, 0.1) is 25.5 Å². The van der Waals surface area contributed by atoms with Crippen LogP contribution in [0.1, 0.15) is 44.8 Å². The third-order valence-electron chi connectivity index (χ3n) is 13.4. The molecule has 8 aromatic heterocycles. The van der Waals surface area contributed by atoms with Gasteiger partial charge in [0.2, 0.25) is 0 Å². The van der Waals surface area contributed by atoms with Crippen LogP contribution < -0.4 is 29.8 Å². The van der Waals surface area contributed by atoms with Crippen molar-refractivity contribution < 1.29 is 42.1 Å². The minimum atomic E-state index is -0.724. The molecule has 0 saturated heterocycles. The molecule has 0 bridgehead atoms. The SMILES string of the molecule is CN1[CH-]N(c2[c-]c(C3(c4cc[n-]n4)c4cnccc4-c4ccncc43)ccc2)c2ncccc21.CN1[CH-]N(c2[c-]c(C3(c4cc[n-]n4)c4cnccc4-c4ccncc43)ccc2)c2ncccc21.[Pt].[Pt]. The van der Waals surface area contributed by atoms with Gasteiger partial charge in [-0.2, -0.15) is 74.3 Å². The maximum Gasteiger partial charge on any atom is 0.124 e. The molecule has 16 heteroatoms. The van der Waals surface area contributed by atoms with Crippen molar-refractivity contribution in [1.29, 1.82) is 0 Å². The first-order valence-electron chi connectivity index (χ1n) is 21.9. The van der Waals surface area contributed by atoms with Crippen molar-refractivity contribution in [2.45, 2.75) is 10.8 Å². The minimum Gasteiger partial charge on any atom is -0.581 e. The normalized spacial score (nSPS) is 14.8. The number of rotatable bonds is 6. The third-order valence-corrected chi connectivity index (χ3v) is 13.4. The molecule has 4 aliphatic rings. The molecule has 0 saturated carbocycles. The summed E-state index contributed by atoms with van der Waals surface area (Å²) in [5.74, 6) is 1.74. The second-order valence-electron chi connectivity index (χ2n) is 16.8.